The smallest absolute Gasteiger partial charge is 0.347 e. The van der Waals surface area contributed by atoms with Crippen molar-refractivity contribution in [3.05, 3.63) is 47.1 Å². The lowest BCUT2D eigenvalue weighted by molar-refractivity contribution is 0.0701. The van der Waals surface area contributed by atoms with Crippen LogP contribution >= 0.6 is 11.3 Å². The van der Waals surface area contributed by atoms with Crippen LogP contribution in [-0.4, -0.2) is 21.0 Å². The van der Waals surface area contributed by atoms with Gasteiger partial charge in [-0.15, -0.1) is 0 Å². The van der Waals surface area contributed by atoms with Gasteiger partial charge in [0.15, 0.2) is 5.13 Å². The lowest BCUT2D eigenvalue weighted by atomic mass is 10.2. The van der Waals surface area contributed by atoms with E-state index in [0.717, 1.165) is 27.9 Å². The van der Waals surface area contributed by atoms with Crippen LogP contribution in [0.3, 0.4) is 0 Å². The molecule has 0 spiro atoms. The molecule has 2 heterocycles. The van der Waals surface area contributed by atoms with E-state index in [1.54, 1.807) is 6.20 Å². The summed E-state index contributed by atoms with van der Waals surface area (Å²) in [5.41, 5.74) is 2.26. The number of para-hydroxylation sites is 1. The zero-order valence-corrected chi connectivity index (χ0v) is 12.1. The van der Waals surface area contributed by atoms with Gasteiger partial charge in [0.05, 0.1) is 16.9 Å². The van der Waals surface area contributed by atoms with Crippen LogP contribution in [0.2, 0.25) is 0 Å². The molecule has 0 aliphatic rings. The van der Waals surface area contributed by atoms with E-state index in [0.29, 0.717) is 17.2 Å². The van der Waals surface area contributed by atoms with Crippen LogP contribution in [0.4, 0.5) is 10.8 Å². The highest BCUT2D eigenvalue weighted by atomic mass is 32.1. The van der Waals surface area contributed by atoms with Crippen LogP contribution in [-0.2, 0) is 6.42 Å². The molecule has 1 aromatic carbocycles. The molecule has 3 rings (SSSR count). The Morgan fingerprint density at radius 3 is 2.86 bits per heavy atom. The van der Waals surface area contributed by atoms with E-state index in [4.69, 9.17) is 0 Å². The van der Waals surface area contributed by atoms with Crippen molar-refractivity contribution in [1.82, 2.24) is 9.97 Å². The number of carbonyl (C=O) groups is 1. The number of anilines is 2. The number of benzene rings is 1. The van der Waals surface area contributed by atoms with Crippen molar-refractivity contribution in [2.24, 2.45) is 0 Å². The maximum Gasteiger partial charge on any atom is 0.347 e. The SMILES string of the molecule is CCc1nc(Nc2cccc3cccnc23)sc1C(=O)O. The summed E-state index contributed by atoms with van der Waals surface area (Å²) in [4.78, 5) is 20.2. The van der Waals surface area contributed by atoms with Crippen LogP contribution in [0, 0.1) is 0 Å². The monoisotopic (exact) mass is 299 g/mol. The Bertz CT molecular complexity index is 808. The predicted octanol–water partition coefficient (Wildman–Crippen LogP) is 3.70. The van der Waals surface area contributed by atoms with Crippen molar-refractivity contribution in [3.63, 3.8) is 0 Å². The van der Waals surface area contributed by atoms with Crippen molar-refractivity contribution >= 4 is 39.0 Å². The van der Waals surface area contributed by atoms with Gasteiger partial charge in [-0.3, -0.25) is 4.98 Å². The molecule has 21 heavy (non-hydrogen) atoms. The molecule has 6 heteroatoms. The van der Waals surface area contributed by atoms with Crippen molar-refractivity contribution in [2.75, 3.05) is 5.32 Å². The van der Waals surface area contributed by atoms with E-state index in [9.17, 15) is 9.90 Å². The lowest BCUT2D eigenvalue weighted by Crippen LogP contribution is -1.97. The number of thiazole rings is 1. The van der Waals surface area contributed by atoms with Gasteiger partial charge in [0, 0.05) is 11.6 Å². The standard InChI is InChI=1S/C15H13N3O2S/c1-2-10-13(14(19)20)21-15(17-10)18-11-7-3-5-9-6-4-8-16-12(9)11/h3-8H,2H2,1H3,(H,17,18)(H,19,20). The summed E-state index contributed by atoms with van der Waals surface area (Å²) < 4.78 is 0. The van der Waals surface area contributed by atoms with Crippen molar-refractivity contribution < 1.29 is 9.90 Å². The van der Waals surface area contributed by atoms with E-state index in [1.165, 1.54) is 0 Å². The van der Waals surface area contributed by atoms with E-state index in [-0.39, 0.29) is 4.88 Å². The molecule has 0 saturated carbocycles. The van der Waals surface area contributed by atoms with Crippen LogP contribution in [0.1, 0.15) is 22.3 Å². The Morgan fingerprint density at radius 2 is 2.14 bits per heavy atom. The average Bonchev–Trinajstić information content (AvgIpc) is 2.91. The van der Waals surface area contributed by atoms with Gasteiger partial charge >= 0.3 is 5.97 Å². The van der Waals surface area contributed by atoms with Gasteiger partial charge in [0.1, 0.15) is 4.88 Å². The van der Waals surface area contributed by atoms with E-state index < -0.39 is 5.97 Å². The summed E-state index contributed by atoms with van der Waals surface area (Å²) >= 11 is 1.15. The number of rotatable bonds is 4. The molecule has 0 unspecified atom stereocenters. The number of carboxylic acids is 1. The van der Waals surface area contributed by atoms with Gasteiger partial charge in [-0.1, -0.05) is 36.5 Å². The second-order valence-corrected chi connectivity index (χ2v) is 5.46. The summed E-state index contributed by atoms with van der Waals surface area (Å²) in [6.45, 7) is 1.89. The zero-order chi connectivity index (χ0) is 14.8. The molecular weight excluding hydrogens is 286 g/mol. The first-order chi connectivity index (χ1) is 10.2. The number of aromatic nitrogens is 2. The number of aromatic carboxylic acids is 1. The quantitative estimate of drug-likeness (QED) is 0.768. The number of aryl methyl sites for hydroxylation is 1. The number of pyridine rings is 1. The van der Waals surface area contributed by atoms with Gasteiger partial charge in [-0.2, -0.15) is 0 Å². The molecule has 3 aromatic rings. The fourth-order valence-electron chi connectivity index (χ4n) is 2.13. The van der Waals surface area contributed by atoms with Crippen LogP contribution in [0.5, 0.6) is 0 Å². The van der Waals surface area contributed by atoms with E-state index in [2.05, 4.69) is 15.3 Å². The summed E-state index contributed by atoms with van der Waals surface area (Å²) in [6, 6.07) is 9.68. The van der Waals surface area contributed by atoms with Gasteiger partial charge < -0.3 is 10.4 Å². The Labute approximate surface area is 125 Å². The first-order valence-corrected chi connectivity index (χ1v) is 7.34. The molecule has 106 valence electrons. The third-order valence-corrected chi connectivity index (χ3v) is 4.10. The fourth-order valence-corrected chi connectivity index (χ4v) is 3.04. The van der Waals surface area contributed by atoms with Gasteiger partial charge in [-0.05, 0) is 18.6 Å². The molecule has 0 aliphatic heterocycles. The van der Waals surface area contributed by atoms with Crippen LogP contribution in [0.25, 0.3) is 10.9 Å². The Balaban J connectivity index is 2.01. The third-order valence-electron chi connectivity index (χ3n) is 3.10. The van der Waals surface area contributed by atoms with Gasteiger partial charge in [-0.25, -0.2) is 9.78 Å². The first kappa shape index (κ1) is 13.5. The lowest BCUT2D eigenvalue weighted by Gasteiger charge is -2.05. The Hall–Kier alpha value is -2.47. The number of hydrogen-bond acceptors (Lipinski definition) is 5. The number of carboxylic acid groups (broad SMARTS) is 1. The summed E-state index contributed by atoms with van der Waals surface area (Å²) in [7, 11) is 0. The minimum atomic E-state index is -0.937. The molecule has 0 amide bonds. The number of nitrogens with one attached hydrogen (secondary N) is 1. The van der Waals surface area contributed by atoms with Crippen LogP contribution < -0.4 is 5.32 Å². The van der Waals surface area contributed by atoms with Crippen molar-refractivity contribution in [3.8, 4) is 0 Å². The molecule has 0 radical (unpaired) electrons. The summed E-state index contributed by atoms with van der Waals surface area (Å²) in [5, 5.41) is 13.9. The van der Waals surface area contributed by atoms with Crippen LogP contribution in [0.15, 0.2) is 36.5 Å². The molecule has 2 aromatic heterocycles. The second kappa shape index (κ2) is 5.49. The summed E-state index contributed by atoms with van der Waals surface area (Å²) in [5.74, 6) is -0.937. The largest absolute Gasteiger partial charge is 0.477 e. The Kier molecular flexibility index (Phi) is 3.53. The summed E-state index contributed by atoms with van der Waals surface area (Å²) in [6.07, 6.45) is 2.32. The normalized spacial score (nSPS) is 10.7. The van der Waals surface area contributed by atoms with Crippen molar-refractivity contribution in [2.45, 2.75) is 13.3 Å². The third kappa shape index (κ3) is 2.57. The van der Waals surface area contributed by atoms with Gasteiger partial charge in [0.2, 0.25) is 0 Å². The highest BCUT2D eigenvalue weighted by Crippen LogP contribution is 2.29. The van der Waals surface area contributed by atoms with E-state index in [1.807, 2.05) is 37.3 Å². The van der Waals surface area contributed by atoms with Crippen molar-refractivity contribution in [1.29, 1.82) is 0 Å². The van der Waals surface area contributed by atoms with E-state index >= 15 is 0 Å². The highest BCUT2D eigenvalue weighted by Gasteiger charge is 2.16. The molecule has 0 saturated heterocycles. The highest BCUT2D eigenvalue weighted by molar-refractivity contribution is 7.17. The second-order valence-electron chi connectivity index (χ2n) is 4.46. The molecule has 0 bridgehead atoms. The molecule has 0 aliphatic carbocycles. The van der Waals surface area contributed by atoms with Gasteiger partial charge in [0.25, 0.3) is 0 Å². The number of hydrogen-bond donors (Lipinski definition) is 2. The number of fused-ring (bicyclic) bond motifs is 1. The zero-order valence-electron chi connectivity index (χ0n) is 11.3. The molecular formula is C15H13N3O2S. The average molecular weight is 299 g/mol. The predicted molar refractivity (Wildman–Crippen MR) is 83.5 cm³/mol. The molecule has 0 fully saturated rings. The Morgan fingerprint density at radius 1 is 1.33 bits per heavy atom. The first-order valence-electron chi connectivity index (χ1n) is 6.53. The number of nitrogens with zero attached hydrogens (tertiary/aromatic N) is 2. The molecule has 5 nitrogen and oxygen atoms in total. The topological polar surface area (TPSA) is 75.1 Å². The molecule has 2 N–H and O–H groups in total. The maximum atomic E-state index is 11.2. The molecule has 0 atom stereocenters. The fraction of sp³-hybridized carbons (Fsp3) is 0.133. The minimum Gasteiger partial charge on any atom is -0.477 e. The minimum absolute atomic E-state index is 0.285. The maximum absolute atomic E-state index is 11.2.